The quantitative estimate of drug-likeness (QED) is 0.233. The Kier molecular flexibility index (Phi) is 7.91. The van der Waals surface area contributed by atoms with E-state index in [0.717, 1.165) is 12.1 Å². The third-order valence-corrected chi connectivity index (χ3v) is 5.38. The first-order chi connectivity index (χ1) is 17.1. The Bertz CT molecular complexity index is 1180. The lowest BCUT2D eigenvalue weighted by Gasteiger charge is -2.32. The third kappa shape index (κ3) is 5.73. The van der Waals surface area contributed by atoms with Crippen LogP contribution in [0.15, 0.2) is 40.9 Å². The molecule has 0 spiro atoms. The van der Waals surface area contributed by atoms with Crippen molar-refractivity contribution in [2.75, 3.05) is 13.2 Å². The van der Waals surface area contributed by atoms with Crippen LogP contribution in [0.3, 0.4) is 0 Å². The molecule has 37 heavy (non-hydrogen) atoms. The molecule has 1 aromatic heterocycles. The molecule has 0 aliphatic carbocycles. The highest BCUT2D eigenvalue weighted by Crippen LogP contribution is 2.50. The summed E-state index contributed by atoms with van der Waals surface area (Å²) in [5.41, 5.74) is -7.23. The van der Waals surface area contributed by atoms with Gasteiger partial charge < -0.3 is 19.1 Å². The second-order valence-electron chi connectivity index (χ2n) is 7.98. The highest BCUT2D eigenvalue weighted by Gasteiger charge is 2.71. The Morgan fingerprint density at radius 2 is 1.43 bits per heavy atom. The third-order valence-electron chi connectivity index (χ3n) is 5.38. The Labute approximate surface area is 203 Å². The summed E-state index contributed by atoms with van der Waals surface area (Å²) in [4.78, 5) is 0. The summed E-state index contributed by atoms with van der Waals surface area (Å²) >= 11 is 0. The van der Waals surface area contributed by atoms with Gasteiger partial charge in [0.25, 0.3) is 5.60 Å². The molecule has 204 valence electrons. The molecule has 1 heterocycles. The molecule has 3 rings (SSSR count). The summed E-state index contributed by atoms with van der Waals surface area (Å²) in [6.07, 6.45) is -15.5. The van der Waals surface area contributed by atoms with E-state index < -0.39 is 35.4 Å². The second-order valence-corrected chi connectivity index (χ2v) is 7.98. The molecule has 0 radical (unpaired) electrons. The molecule has 0 saturated heterocycles. The number of aromatic nitrogens is 1. The first-order valence-corrected chi connectivity index (χ1v) is 10.8. The number of halogens is 9. The zero-order valence-corrected chi connectivity index (χ0v) is 19.0. The van der Waals surface area contributed by atoms with Gasteiger partial charge in [-0.1, -0.05) is 30.6 Å². The standard InChI is InChI=1S/C23H20F9NO4/c1-2-4-15-17(10-9-16-18(15)37-33-19(16)21(24,25)26)36-12-3-11-35-14-7-5-13(6-8-14)20(34,22(27,28)29)23(30,31)32/h5-10,34H,2-4,11-12H2,1H3. The molecular weight excluding hydrogens is 525 g/mol. The van der Waals surface area contributed by atoms with Gasteiger partial charge in [-0.2, -0.15) is 39.5 Å². The lowest BCUT2D eigenvalue weighted by Crippen LogP contribution is -2.53. The zero-order chi connectivity index (χ0) is 27.6. The van der Waals surface area contributed by atoms with Crippen molar-refractivity contribution in [3.8, 4) is 11.5 Å². The van der Waals surface area contributed by atoms with E-state index in [1.807, 2.05) is 6.92 Å². The minimum Gasteiger partial charge on any atom is -0.493 e. The van der Waals surface area contributed by atoms with Crippen molar-refractivity contribution >= 4 is 11.0 Å². The minimum atomic E-state index is -6.00. The smallest absolute Gasteiger partial charge is 0.437 e. The summed E-state index contributed by atoms with van der Waals surface area (Å²) in [7, 11) is 0. The molecule has 5 nitrogen and oxygen atoms in total. The monoisotopic (exact) mass is 545 g/mol. The first-order valence-electron chi connectivity index (χ1n) is 10.8. The Balaban J connectivity index is 1.62. The van der Waals surface area contributed by atoms with E-state index in [9.17, 15) is 44.6 Å². The van der Waals surface area contributed by atoms with Gasteiger partial charge >= 0.3 is 18.5 Å². The van der Waals surface area contributed by atoms with Gasteiger partial charge in [0.1, 0.15) is 11.5 Å². The number of aryl methyl sites for hydroxylation is 1. The maximum atomic E-state index is 13.1. The average molecular weight is 545 g/mol. The molecule has 0 atom stereocenters. The minimum absolute atomic E-state index is 0.0302. The van der Waals surface area contributed by atoms with Gasteiger partial charge in [0.15, 0.2) is 11.3 Å². The van der Waals surface area contributed by atoms with Gasteiger partial charge in [-0.15, -0.1) is 0 Å². The van der Waals surface area contributed by atoms with Crippen molar-refractivity contribution in [1.82, 2.24) is 5.16 Å². The average Bonchev–Trinajstić information content (AvgIpc) is 3.23. The van der Waals surface area contributed by atoms with E-state index >= 15 is 0 Å². The number of alkyl halides is 9. The number of aliphatic hydroxyl groups is 1. The van der Waals surface area contributed by atoms with E-state index in [2.05, 4.69) is 5.16 Å². The van der Waals surface area contributed by atoms with Crippen LogP contribution in [0.2, 0.25) is 0 Å². The van der Waals surface area contributed by atoms with Gasteiger partial charge in [-0.3, -0.25) is 0 Å². The Hall–Kier alpha value is -3.16. The van der Waals surface area contributed by atoms with Crippen LogP contribution in [0.4, 0.5) is 39.5 Å². The van der Waals surface area contributed by atoms with Gasteiger partial charge in [-0.25, -0.2) is 0 Å². The van der Waals surface area contributed by atoms with Gasteiger partial charge in [0.05, 0.1) is 18.6 Å². The van der Waals surface area contributed by atoms with Crippen molar-refractivity contribution in [3.05, 3.63) is 53.2 Å². The normalized spacial score (nSPS) is 13.3. The number of benzene rings is 2. The van der Waals surface area contributed by atoms with Gasteiger partial charge in [0, 0.05) is 17.5 Å². The zero-order valence-electron chi connectivity index (χ0n) is 19.0. The molecule has 2 aromatic carbocycles. The van der Waals surface area contributed by atoms with Crippen LogP contribution in [0.25, 0.3) is 11.0 Å². The van der Waals surface area contributed by atoms with Crippen LogP contribution >= 0.6 is 0 Å². The van der Waals surface area contributed by atoms with Gasteiger partial charge in [-0.05, 0) is 30.7 Å². The first kappa shape index (κ1) is 28.4. The predicted octanol–water partition coefficient (Wildman–Crippen LogP) is 6.96. The number of ether oxygens (including phenoxy) is 2. The van der Waals surface area contributed by atoms with E-state index in [1.165, 1.54) is 12.1 Å². The van der Waals surface area contributed by atoms with Crippen molar-refractivity contribution < 1.29 is 58.6 Å². The Morgan fingerprint density at radius 3 is 1.97 bits per heavy atom. The summed E-state index contributed by atoms with van der Waals surface area (Å²) in [5.74, 6) is 0.229. The SMILES string of the molecule is CCCc1c(OCCCOc2ccc(C(O)(C(F)(F)F)C(F)(F)F)cc2)ccc2c(C(F)(F)F)noc12. The van der Waals surface area contributed by atoms with Gasteiger partial charge in [0.2, 0.25) is 0 Å². The summed E-state index contributed by atoms with van der Waals surface area (Å²) < 4.78 is 133. The number of rotatable bonds is 9. The van der Waals surface area contributed by atoms with Crippen molar-refractivity contribution in [2.24, 2.45) is 0 Å². The van der Waals surface area contributed by atoms with Crippen molar-refractivity contribution in [2.45, 2.75) is 50.3 Å². The van der Waals surface area contributed by atoms with E-state index in [1.54, 1.807) is 0 Å². The molecule has 0 fully saturated rings. The number of fused-ring (bicyclic) bond motifs is 1. The van der Waals surface area contributed by atoms with E-state index in [4.69, 9.17) is 14.0 Å². The van der Waals surface area contributed by atoms with Crippen molar-refractivity contribution in [3.63, 3.8) is 0 Å². The molecule has 0 amide bonds. The summed E-state index contributed by atoms with van der Waals surface area (Å²) in [5, 5.41) is 12.3. The molecule has 0 saturated carbocycles. The molecule has 0 aliphatic rings. The van der Waals surface area contributed by atoms with Crippen molar-refractivity contribution in [1.29, 1.82) is 0 Å². The molecule has 0 unspecified atom stereocenters. The van der Waals surface area contributed by atoms with Crippen LogP contribution < -0.4 is 9.47 Å². The maximum absolute atomic E-state index is 13.1. The molecule has 1 N–H and O–H groups in total. The van der Waals surface area contributed by atoms with Crippen LogP contribution in [-0.4, -0.2) is 35.8 Å². The molecule has 0 aliphatic heterocycles. The molecule has 3 aromatic rings. The lowest BCUT2D eigenvalue weighted by atomic mass is 9.92. The van der Waals surface area contributed by atoms with Crippen LogP contribution in [0, 0.1) is 0 Å². The summed E-state index contributed by atoms with van der Waals surface area (Å²) in [6.45, 7) is 1.80. The molecular formula is C23H20F9NO4. The topological polar surface area (TPSA) is 64.7 Å². The molecule has 14 heteroatoms. The number of hydrogen-bond donors (Lipinski definition) is 1. The fourth-order valence-corrected chi connectivity index (χ4v) is 3.58. The highest BCUT2D eigenvalue weighted by atomic mass is 19.4. The number of hydrogen-bond acceptors (Lipinski definition) is 5. The van der Waals surface area contributed by atoms with Crippen LogP contribution in [-0.2, 0) is 18.2 Å². The maximum Gasteiger partial charge on any atom is 0.437 e. The lowest BCUT2D eigenvalue weighted by molar-refractivity contribution is -0.376. The molecule has 0 bridgehead atoms. The highest BCUT2D eigenvalue weighted by molar-refractivity contribution is 5.85. The largest absolute Gasteiger partial charge is 0.493 e. The van der Waals surface area contributed by atoms with E-state index in [-0.39, 0.29) is 42.1 Å². The van der Waals surface area contributed by atoms with Crippen LogP contribution in [0.1, 0.15) is 36.6 Å². The Morgan fingerprint density at radius 1 is 0.838 bits per heavy atom. The fourth-order valence-electron chi connectivity index (χ4n) is 3.58. The number of nitrogens with zero attached hydrogens (tertiary/aromatic N) is 1. The summed E-state index contributed by atoms with van der Waals surface area (Å²) in [6, 6.07) is 5.19. The van der Waals surface area contributed by atoms with Crippen LogP contribution in [0.5, 0.6) is 11.5 Å². The fraction of sp³-hybridized carbons (Fsp3) is 0.435. The predicted molar refractivity (Wildman–Crippen MR) is 111 cm³/mol. The van der Waals surface area contributed by atoms with E-state index in [0.29, 0.717) is 30.5 Å². The second kappa shape index (κ2) is 10.3.